The Morgan fingerprint density at radius 1 is 1.26 bits per heavy atom. The smallest absolute Gasteiger partial charge is 0.407 e. The maximum absolute atomic E-state index is 12.6. The van der Waals surface area contributed by atoms with E-state index in [1.54, 1.807) is 23.5 Å². The number of fused-ring (bicyclic) bond motifs is 1. The fourth-order valence-corrected chi connectivity index (χ4v) is 5.11. The van der Waals surface area contributed by atoms with Crippen LogP contribution in [0.2, 0.25) is 0 Å². The highest BCUT2D eigenvalue weighted by Crippen LogP contribution is 2.32. The molecule has 0 bridgehead atoms. The van der Waals surface area contributed by atoms with E-state index in [-0.39, 0.29) is 23.9 Å². The molecule has 0 aromatic carbocycles. The van der Waals surface area contributed by atoms with Crippen molar-refractivity contribution in [3.8, 4) is 0 Å². The van der Waals surface area contributed by atoms with Crippen molar-refractivity contribution in [3.05, 3.63) is 30.7 Å². The minimum Gasteiger partial charge on any atom is -0.465 e. The molecule has 2 N–H and O–H groups in total. The van der Waals surface area contributed by atoms with Gasteiger partial charge in [-0.2, -0.15) is 0 Å². The second kappa shape index (κ2) is 10.4. The third kappa shape index (κ3) is 5.16. The highest BCUT2D eigenvalue weighted by molar-refractivity contribution is 5.88. The molecule has 4 heterocycles. The minimum absolute atomic E-state index is 0.00222. The Morgan fingerprint density at radius 3 is 2.82 bits per heavy atom. The van der Waals surface area contributed by atoms with E-state index in [1.807, 2.05) is 40.6 Å². The van der Waals surface area contributed by atoms with Crippen molar-refractivity contribution < 1.29 is 14.7 Å². The van der Waals surface area contributed by atoms with Crippen LogP contribution in [0.3, 0.4) is 0 Å². The highest BCUT2D eigenvalue weighted by Gasteiger charge is 2.40. The average Bonchev–Trinajstić information content (AvgIpc) is 3.46. The van der Waals surface area contributed by atoms with Crippen molar-refractivity contribution in [3.63, 3.8) is 0 Å². The zero-order valence-electron chi connectivity index (χ0n) is 20.2. The lowest BCUT2D eigenvalue weighted by atomic mass is 9.87. The van der Waals surface area contributed by atoms with Crippen LogP contribution in [0.1, 0.15) is 26.2 Å². The molecular formula is C24H35N7O3. The number of carbonyl (C=O) groups excluding carboxylic acids is 1. The van der Waals surface area contributed by atoms with Gasteiger partial charge in [0, 0.05) is 57.1 Å². The molecule has 2 saturated heterocycles. The number of likely N-dealkylation sites (tertiary alicyclic amines) is 2. The minimum atomic E-state index is -0.882. The monoisotopic (exact) mass is 469 g/mol. The first-order valence-corrected chi connectivity index (χ1v) is 12.0. The lowest BCUT2D eigenvalue weighted by molar-refractivity contribution is -0.125. The van der Waals surface area contributed by atoms with Crippen LogP contribution in [0.25, 0.3) is 11.2 Å². The van der Waals surface area contributed by atoms with Gasteiger partial charge in [-0.05, 0) is 52.3 Å². The van der Waals surface area contributed by atoms with Crippen LogP contribution in [-0.4, -0.2) is 98.7 Å². The quantitative estimate of drug-likeness (QED) is 0.600. The molecule has 184 valence electrons. The Labute approximate surface area is 200 Å². The molecule has 0 spiro atoms. The summed E-state index contributed by atoms with van der Waals surface area (Å²) in [5.74, 6) is 0.131. The molecule has 2 fully saturated rings. The highest BCUT2D eigenvalue weighted by atomic mass is 16.4. The number of nitrogens with one attached hydrogen (secondary N) is 1. The van der Waals surface area contributed by atoms with Gasteiger partial charge in [-0.3, -0.25) is 4.79 Å². The molecule has 2 aliphatic rings. The summed E-state index contributed by atoms with van der Waals surface area (Å²) < 4.78 is 2.01. The van der Waals surface area contributed by atoms with Gasteiger partial charge in [-0.1, -0.05) is 6.08 Å². The Balaban J connectivity index is 1.44. The fraction of sp³-hybridized carbons (Fsp3) is 0.583. The van der Waals surface area contributed by atoms with Gasteiger partial charge < -0.3 is 29.7 Å². The molecule has 0 radical (unpaired) electrons. The normalized spacial score (nSPS) is 23.4. The second-order valence-electron chi connectivity index (χ2n) is 9.47. The number of imidazole rings is 1. The zero-order chi connectivity index (χ0) is 24.2. The van der Waals surface area contributed by atoms with Crippen LogP contribution in [0.4, 0.5) is 10.5 Å². The number of pyridine rings is 1. The zero-order valence-corrected chi connectivity index (χ0v) is 20.2. The molecule has 2 aromatic heterocycles. The van der Waals surface area contributed by atoms with E-state index in [1.165, 1.54) is 0 Å². The number of likely N-dealkylation sites (N-methyl/N-ethyl adjacent to an activating group) is 1. The molecule has 0 aliphatic carbocycles. The van der Waals surface area contributed by atoms with Gasteiger partial charge in [0.05, 0.1) is 12.0 Å². The Bertz CT molecular complexity index is 1050. The first kappa shape index (κ1) is 24.0. The van der Waals surface area contributed by atoms with E-state index < -0.39 is 6.09 Å². The molecule has 2 amide bonds. The number of piperidine rings is 1. The van der Waals surface area contributed by atoms with Crippen LogP contribution in [0, 0.1) is 5.92 Å². The number of aryl methyl sites for hydroxylation is 1. The second-order valence-corrected chi connectivity index (χ2v) is 9.47. The predicted octanol–water partition coefficient (Wildman–Crippen LogP) is 2.34. The number of nitrogens with zero attached hydrogens (tertiary/aromatic N) is 6. The topological polar surface area (TPSA) is 107 Å². The maximum Gasteiger partial charge on any atom is 0.407 e. The van der Waals surface area contributed by atoms with Crippen molar-refractivity contribution in [2.45, 2.75) is 44.8 Å². The van der Waals surface area contributed by atoms with Crippen molar-refractivity contribution in [1.82, 2.24) is 29.2 Å². The predicted molar refractivity (Wildman–Crippen MR) is 131 cm³/mol. The Hall–Kier alpha value is -3.14. The third-order valence-corrected chi connectivity index (χ3v) is 6.91. The van der Waals surface area contributed by atoms with Crippen LogP contribution in [0.5, 0.6) is 0 Å². The van der Waals surface area contributed by atoms with E-state index in [0.717, 1.165) is 36.2 Å². The molecular weight excluding hydrogens is 434 g/mol. The number of carboxylic acid groups (broad SMARTS) is 1. The van der Waals surface area contributed by atoms with E-state index in [2.05, 4.69) is 22.2 Å². The molecule has 10 heteroatoms. The summed E-state index contributed by atoms with van der Waals surface area (Å²) in [6, 6.07) is 1.93. The summed E-state index contributed by atoms with van der Waals surface area (Å²) in [4.78, 5) is 39.0. The molecule has 10 nitrogen and oxygen atoms in total. The van der Waals surface area contributed by atoms with Gasteiger partial charge in [0.15, 0.2) is 5.65 Å². The largest absolute Gasteiger partial charge is 0.465 e. The Kier molecular flexibility index (Phi) is 7.35. The number of carbonyl (C=O) groups is 2. The van der Waals surface area contributed by atoms with Crippen molar-refractivity contribution in [2.75, 3.05) is 45.6 Å². The van der Waals surface area contributed by atoms with Crippen LogP contribution in [-0.2, 0) is 11.3 Å². The molecule has 0 saturated carbocycles. The molecule has 2 aromatic rings. The number of anilines is 1. The summed E-state index contributed by atoms with van der Waals surface area (Å²) in [6.45, 7) is 5.30. The van der Waals surface area contributed by atoms with Gasteiger partial charge >= 0.3 is 6.09 Å². The standard InChI is InChI=1S/C24H35N7O3/c1-4-29-16-26-22-19(7-10-25-23(22)29)27-18-9-13-31(24(33)34)20(14-18)17-8-12-30(15-17)21(32)6-5-11-28(2)3/h5-7,10,16-18,20H,4,8-9,11-15H2,1-3H3,(H,25,27)(H,33,34)/b6-5+. The number of amides is 2. The van der Waals surface area contributed by atoms with Gasteiger partial charge in [-0.25, -0.2) is 14.8 Å². The average molecular weight is 470 g/mol. The van der Waals surface area contributed by atoms with Gasteiger partial charge in [0.25, 0.3) is 0 Å². The third-order valence-electron chi connectivity index (χ3n) is 6.91. The van der Waals surface area contributed by atoms with Gasteiger partial charge in [-0.15, -0.1) is 0 Å². The number of rotatable bonds is 7. The van der Waals surface area contributed by atoms with Crippen molar-refractivity contribution in [1.29, 1.82) is 0 Å². The fourth-order valence-electron chi connectivity index (χ4n) is 5.11. The number of hydrogen-bond donors (Lipinski definition) is 2. The Morgan fingerprint density at radius 2 is 2.09 bits per heavy atom. The number of aromatic nitrogens is 3. The summed E-state index contributed by atoms with van der Waals surface area (Å²) in [7, 11) is 3.92. The summed E-state index contributed by atoms with van der Waals surface area (Å²) >= 11 is 0. The van der Waals surface area contributed by atoms with Crippen molar-refractivity contribution in [2.24, 2.45) is 5.92 Å². The molecule has 4 rings (SSSR count). The van der Waals surface area contributed by atoms with Crippen molar-refractivity contribution >= 4 is 28.9 Å². The van der Waals surface area contributed by atoms with E-state index in [0.29, 0.717) is 32.6 Å². The first-order valence-electron chi connectivity index (χ1n) is 12.0. The van der Waals surface area contributed by atoms with Gasteiger partial charge in [0.1, 0.15) is 5.52 Å². The summed E-state index contributed by atoms with van der Waals surface area (Å²) in [6.07, 6.45) is 8.45. The summed E-state index contributed by atoms with van der Waals surface area (Å²) in [5.41, 5.74) is 2.61. The lowest BCUT2D eigenvalue weighted by Crippen LogP contribution is -2.52. The first-order chi connectivity index (χ1) is 16.4. The SMILES string of the molecule is CCn1cnc2c(NC3CCN(C(=O)O)C(C4CCN(C(=O)/C=C/CN(C)C)C4)C3)ccnc21. The molecule has 2 aliphatic heterocycles. The van der Waals surface area contributed by atoms with Gasteiger partial charge in [0.2, 0.25) is 5.91 Å². The van der Waals surface area contributed by atoms with Crippen LogP contribution < -0.4 is 5.32 Å². The van der Waals surface area contributed by atoms with E-state index in [9.17, 15) is 14.7 Å². The number of hydrogen-bond acceptors (Lipinski definition) is 6. The molecule has 3 atom stereocenters. The van der Waals surface area contributed by atoms with E-state index >= 15 is 0 Å². The molecule has 3 unspecified atom stereocenters. The van der Waals surface area contributed by atoms with E-state index in [4.69, 9.17) is 0 Å². The van der Waals surface area contributed by atoms with Crippen LogP contribution in [0.15, 0.2) is 30.7 Å². The summed E-state index contributed by atoms with van der Waals surface area (Å²) in [5, 5.41) is 13.5. The maximum atomic E-state index is 12.6. The molecule has 34 heavy (non-hydrogen) atoms. The van der Waals surface area contributed by atoms with Crippen LogP contribution >= 0.6 is 0 Å². The lowest BCUT2D eigenvalue weighted by Gasteiger charge is -2.41.